The molecule has 0 spiro atoms. The molecule has 0 bridgehead atoms. The third-order valence-corrected chi connectivity index (χ3v) is 4.05. The molecule has 1 aromatic heterocycles. The number of carbonyl (C=O) groups is 2. The second kappa shape index (κ2) is 7.73. The average Bonchev–Trinajstić information content (AvgIpc) is 2.94. The average molecular weight is 333 g/mol. The Morgan fingerprint density at radius 2 is 2.00 bits per heavy atom. The van der Waals surface area contributed by atoms with Crippen LogP contribution in [0.2, 0.25) is 0 Å². The first-order chi connectivity index (χ1) is 11.0. The van der Waals surface area contributed by atoms with Gasteiger partial charge in [-0.2, -0.15) is 0 Å². The predicted molar refractivity (Wildman–Crippen MR) is 89.8 cm³/mol. The number of benzene rings is 1. The van der Waals surface area contributed by atoms with Gasteiger partial charge < -0.3 is 15.4 Å². The third kappa shape index (κ3) is 5.07. The van der Waals surface area contributed by atoms with Crippen molar-refractivity contribution >= 4 is 28.3 Å². The van der Waals surface area contributed by atoms with Crippen molar-refractivity contribution in [3.63, 3.8) is 0 Å². The normalized spacial score (nSPS) is 11.6. The predicted octanol–water partition coefficient (Wildman–Crippen LogP) is 2.21. The van der Waals surface area contributed by atoms with E-state index < -0.39 is 6.04 Å². The van der Waals surface area contributed by atoms with Crippen molar-refractivity contribution in [1.82, 2.24) is 10.3 Å². The van der Waals surface area contributed by atoms with Crippen LogP contribution in [0.5, 0.6) is 5.75 Å². The Hall–Kier alpha value is -2.41. The van der Waals surface area contributed by atoms with Gasteiger partial charge in [-0.3, -0.25) is 9.59 Å². The molecule has 6 nitrogen and oxygen atoms in total. The minimum Gasteiger partial charge on any atom is -0.497 e. The van der Waals surface area contributed by atoms with Crippen LogP contribution in [-0.2, 0) is 16.0 Å². The van der Waals surface area contributed by atoms with E-state index in [4.69, 9.17) is 4.74 Å². The number of amides is 2. The second-order valence-electron chi connectivity index (χ2n) is 5.07. The number of thiazole rings is 1. The van der Waals surface area contributed by atoms with Crippen LogP contribution in [0.1, 0.15) is 24.3 Å². The zero-order valence-corrected chi connectivity index (χ0v) is 14.1. The van der Waals surface area contributed by atoms with Gasteiger partial charge in [0.25, 0.3) is 0 Å². The van der Waals surface area contributed by atoms with Gasteiger partial charge in [0.15, 0.2) is 5.13 Å². The number of rotatable bonds is 6. The molecule has 1 atom stereocenters. The number of carbonyl (C=O) groups excluding carboxylic acids is 2. The van der Waals surface area contributed by atoms with Gasteiger partial charge in [0.1, 0.15) is 11.8 Å². The Morgan fingerprint density at radius 3 is 2.61 bits per heavy atom. The highest BCUT2D eigenvalue weighted by atomic mass is 32.1. The van der Waals surface area contributed by atoms with Crippen LogP contribution >= 0.6 is 11.3 Å². The lowest BCUT2D eigenvalue weighted by Gasteiger charge is -2.10. The summed E-state index contributed by atoms with van der Waals surface area (Å²) < 4.78 is 5.13. The fourth-order valence-electron chi connectivity index (χ4n) is 1.98. The highest BCUT2D eigenvalue weighted by Crippen LogP contribution is 2.22. The zero-order valence-electron chi connectivity index (χ0n) is 13.3. The van der Waals surface area contributed by atoms with Gasteiger partial charge in [0.05, 0.1) is 7.11 Å². The number of methoxy groups -OCH3 is 1. The van der Waals surface area contributed by atoms with E-state index in [1.54, 1.807) is 20.2 Å². The molecule has 1 heterocycles. The van der Waals surface area contributed by atoms with Gasteiger partial charge >= 0.3 is 0 Å². The first-order valence-corrected chi connectivity index (χ1v) is 7.95. The fourth-order valence-corrected chi connectivity index (χ4v) is 2.83. The van der Waals surface area contributed by atoms with Crippen molar-refractivity contribution < 1.29 is 14.3 Å². The van der Waals surface area contributed by atoms with Crippen LogP contribution < -0.4 is 15.4 Å². The number of hydrogen-bond donors (Lipinski definition) is 2. The van der Waals surface area contributed by atoms with Crippen LogP contribution in [0.15, 0.2) is 30.5 Å². The van der Waals surface area contributed by atoms with Crippen LogP contribution in [0.4, 0.5) is 5.13 Å². The Balaban J connectivity index is 1.94. The second-order valence-corrected chi connectivity index (χ2v) is 6.18. The maximum atomic E-state index is 11.9. The molecule has 2 aromatic rings. The Morgan fingerprint density at radius 1 is 1.30 bits per heavy atom. The molecule has 2 amide bonds. The van der Waals surface area contributed by atoms with Crippen molar-refractivity contribution in [3.05, 3.63) is 40.9 Å². The van der Waals surface area contributed by atoms with Gasteiger partial charge in [0, 0.05) is 24.4 Å². The molecule has 1 unspecified atom stereocenters. The summed E-state index contributed by atoms with van der Waals surface area (Å²) in [6, 6.07) is 7.22. The van der Waals surface area contributed by atoms with E-state index in [1.807, 2.05) is 24.3 Å². The number of aromatic nitrogens is 1. The van der Waals surface area contributed by atoms with Crippen molar-refractivity contribution in [2.75, 3.05) is 12.4 Å². The third-order valence-electron chi connectivity index (χ3n) is 3.13. The lowest BCUT2D eigenvalue weighted by molar-refractivity contribution is -0.124. The van der Waals surface area contributed by atoms with Gasteiger partial charge in [-0.15, -0.1) is 11.3 Å². The minimum atomic E-state index is -0.596. The van der Waals surface area contributed by atoms with Gasteiger partial charge in [-0.25, -0.2) is 4.98 Å². The Bertz CT molecular complexity index is 682. The summed E-state index contributed by atoms with van der Waals surface area (Å²) in [4.78, 5) is 28.1. The Labute approximate surface area is 138 Å². The van der Waals surface area contributed by atoms with E-state index in [1.165, 1.54) is 18.3 Å². The Kier molecular flexibility index (Phi) is 5.70. The summed E-state index contributed by atoms with van der Waals surface area (Å²) in [5.41, 5.74) is 1.14. The van der Waals surface area contributed by atoms with Crippen LogP contribution in [0.25, 0.3) is 0 Å². The molecule has 2 N–H and O–H groups in total. The molecule has 23 heavy (non-hydrogen) atoms. The van der Waals surface area contributed by atoms with Crippen molar-refractivity contribution in [2.24, 2.45) is 0 Å². The number of ether oxygens (including phenoxy) is 1. The highest BCUT2D eigenvalue weighted by Gasteiger charge is 2.15. The van der Waals surface area contributed by atoms with E-state index in [9.17, 15) is 9.59 Å². The lowest BCUT2D eigenvalue weighted by Crippen LogP contribution is -2.40. The largest absolute Gasteiger partial charge is 0.497 e. The van der Waals surface area contributed by atoms with Crippen LogP contribution in [0, 0.1) is 0 Å². The standard InChI is InChI=1S/C16H19N3O3S/c1-10(18-11(2)20)15(21)19-16-17-9-14(23-16)8-12-4-6-13(22-3)7-5-12/h4-7,9-10H,8H2,1-3H3,(H,18,20)(H,17,19,21). The first kappa shape index (κ1) is 17.0. The monoisotopic (exact) mass is 333 g/mol. The summed E-state index contributed by atoms with van der Waals surface area (Å²) in [5, 5.41) is 5.76. The van der Waals surface area contributed by atoms with Gasteiger partial charge in [0.2, 0.25) is 11.8 Å². The maximum Gasteiger partial charge on any atom is 0.248 e. The smallest absolute Gasteiger partial charge is 0.248 e. The quantitative estimate of drug-likeness (QED) is 0.849. The summed E-state index contributed by atoms with van der Waals surface area (Å²) >= 11 is 1.42. The van der Waals surface area contributed by atoms with E-state index >= 15 is 0 Å². The topological polar surface area (TPSA) is 80.3 Å². The molecular weight excluding hydrogens is 314 g/mol. The molecule has 0 saturated heterocycles. The summed E-state index contributed by atoms with van der Waals surface area (Å²) in [5.74, 6) is 0.287. The maximum absolute atomic E-state index is 11.9. The summed E-state index contributed by atoms with van der Waals surface area (Å²) in [6.07, 6.45) is 2.48. The SMILES string of the molecule is COc1ccc(Cc2cnc(NC(=O)C(C)NC(C)=O)s2)cc1. The van der Waals surface area contributed by atoms with Gasteiger partial charge in [-0.05, 0) is 24.6 Å². The lowest BCUT2D eigenvalue weighted by atomic mass is 10.1. The van der Waals surface area contributed by atoms with E-state index in [0.29, 0.717) is 5.13 Å². The number of anilines is 1. The van der Waals surface area contributed by atoms with Crippen molar-refractivity contribution in [2.45, 2.75) is 26.3 Å². The zero-order chi connectivity index (χ0) is 16.8. The van der Waals surface area contributed by atoms with E-state index in [0.717, 1.165) is 22.6 Å². The van der Waals surface area contributed by atoms with Crippen molar-refractivity contribution in [3.8, 4) is 5.75 Å². The number of nitrogens with zero attached hydrogens (tertiary/aromatic N) is 1. The molecule has 0 radical (unpaired) electrons. The van der Waals surface area contributed by atoms with Crippen molar-refractivity contribution in [1.29, 1.82) is 0 Å². The molecule has 2 rings (SSSR count). The molecule has 7 heteroatoms. The number of nitrogens with one attached hydrogen (secondary N) is 2. The molecule has 0 saturated carbocycles. The molecule has 122 valence electrons. The minimum absolute atomic E-state index is 0.244. The van der Waals surface area contributed by atoms with Gasteiger partial charge in [-0.1, -0.05) is 12.1 Å². The highest BCUT2D eigenvalue weighted by molar-refractivity contribution is 7.15. The summed E-state index contributed by atoms with van der Waals surface area (Å²) in [6.45, 7) is 3.00. The first-order valence-electron chi connectivity index (χ1n) is 7.13. The summed E-state index contributed by atoms with van der Waals surface area (Å²) in [7, 11) is 1.63. The molecule has 1 aromatic carbocycles. The van der Waals surface area contributed by atoms with E-state index in [-0.39, 0.29) is 11.8 Å². The number of hydrogen-bond acceptors (Lipinski definition) is 5. The molecule has 0 aliphatic heterocycles. The molecule has 0 aliphatic carbocycles. The van der Waals surface area contributed by atoms with Crippen LogP contribution in [0.3, 0.4) is 0 Å². The molecular formula is C16H19N3O3S. The fraction of sp³-hybridized carbons (Fsp3) is 0.312. The van der Waals surface area contributed by atoms with Crippen LogP contribution in [-0.4, -0.2) is 29.9 Å². The molecule has 0 fully saturated rings. The molecule has 0 aliphatic rings. The van der Waals surface area contributed by atoms with E-state index in [2.05, 4.69) is 15.6 Å².